The van der Waals surface area contributed by atoms with E-state index in [9.17, 15) is 19.8 Å². The Morgan fingerprint density at radius 3 is 1.42 bits per heavy atom. The number of esters is 1. The van der Waals surface area contributed by atoms with Crippen LogP contribution in [-0.4, -0.2) is 46.9 Å². The molecule has 0 aromatic carbocycles. The Kier molecular flexibility index (Phi) is 43.6. The summed E-state index contributed by atoms with van der Waals surface area (Å²) in [5, 5.41) is 23.7. The number of hydrogen-bond donors (Lipinski definition) is 3. The van der Waals surface area contributed by atoms with E-state index in [0.717, 1.165) is 83.5 Å². The van der Waals surface area contributed by atoms with Crippen LogP contribution in [0.2, 0.25) is 0 Å². The summed E-state index contributed by atoms with van der Waals surface area (Å²) < 4.78 is 5.92. The van der Waals surface area contributed by atoms with Crippen LogP contribution in [0.1, 0.15) is 252 Å². The van der Waals surface area contributed by atoms with Crippen molar-refractivity contribution < 1.29 is 24.5 Å². The molecular weight excluding hydrogens is 707 g/mol. The van der Waals surface area contributed by atoms with E-state index in [4.69, 9.17) is 4.74 Å². The number of ether oxygens (including phenoxy) is 1. The predicted octanol–water partition coefficient (Wildman–Crippen LogP) is 14.5. The highest BCUT2D eigenvalue weighted by Gasteiger charge is 2.24. The highest BCUT2D eigenvalue weighted by molar-refractivity contribution is 5.77. The van der Waals surface area contributed by atoms with Gasteiger partial charge in [-0.2, -0.15) is 0 Å². The molecule has 0 aromatic rings. The number of unbranched alkanes of at least 4 members (excludes halogenated alkanes) is 28. The first-order valence-corrected chi connectivity index (χ1v) is 24.7. The molecule has 0 fully saturated rings. The van der Waals surface area contributed by atoms with E-state index in [-0.39, 0.29) is 24.9 Å². The molecule has 0 saturated heterocycles. The summed E-state index contributed by atoms with van der Waals surface area (Å²) in [6.07, 6.45) is 52.0. The molecule has 0 saturated carbocycles. The van der Waals surface area contributed by atoms with Gasteiger partial charge in [0.25, 0.3) is 0 Å². The van der Waals surface area contributed by atoms with Gasteiger partial charge in [0.15, 0.2) is 0 Å². The molecule has 3 unspecified atom stereocenters. The lowest BCUT2D eigenvalue weighted by molar-refractivity contribution is -0.151. The van der Waals surface area contributed by atoms with Crippen molar-refractivity contribution >= 4 is 11.9 Å². The number of rotatable bonds is 44. The number of amides is 1. The third kappa shape index (κ3) is 40.6. The van der Waals surface area contributed by atoms with Crippen LogP contribution >= 0.6 is 0 Å². The van der Waals surface area contributed by atoms with E-state index < -0.39 is 18.2 Å². The highest BCUT2D eigenvalue weighted by Crippen LogP contribution is 2.18. The van der Waals surface area contributed by atoms with E-state index in [1.165, 1.54) is 122 Å². The first-order valence-electron chi connectivity index (χ1n) is 24.7. The lowest BCUT2D eigenvalue weighted by Crippen LogP contribution is -2.46. The van der Waals surface area contributed by atoms with Crippen molar-refractivity contribution in [2.45, 2.75) is 270 Å². The number of nitrogens with one attached hydrogen (secondary N) is 1. The molecule has 57 heavy (non-hydrogen) atoms. The number of carbonyl (C=O) groups excluding carboxylic acids is 2. The zero-order chi connectivity index (χ0) is 41.7. The summed E-state index contributed by atoms with van der Waals surface area (Å²) in [7, 11) is 0. The van der Waals surface area contributed by atoms with Crippen molar-refractivity contribution in [1.82, 2.24) is 5.32 Å². The van der Waals surface area contributed by atoms with Gasteiger partial charge in [-0.1, -0.05) is 231 Å². The zero-order valence-corrected chi connectivity index (χ0v) is 38.0. The van der Waals surface area contributed by atoms with Gasteiger partial charge in [-0.15, -0.1) is 0 Å². The van der Waals surface area contributed by atoms with Crippen LogP contribution in [0, 0.1) is 0 Å². The lowest BCUT2D eigenvalue weighted by atomic mass is 10.0. The molecule has 0 rings (SSSR count). The van der Waals surface area contributed by atoms with Crippen molar-refractivity contribution in [3.8, 4) is 0 Å². The van der Waals surface area contributed by atoms with Gasteiger partial charge in [-0.25, -0.2) is 0 Å². The highest BCUT2D eigenvalue weighted by atomic mass is 16.5. The molecule has 3 N–H and O–H groups in total. The molecule has 0 aliphatic carbocycles. The average Bonchev–Trinajstić information content (AvgIpc) is 3.20. The van der Waals surface area contributed by atoms with Crippen LogP contribution in [0.15, 0.2) is 36.5 Å². The summed E-state index contributed by atoms with van der Waals surface area (Å²) in [6, 6.07) is -0.704. The molecular formula is C51H95NO5. The summed E-state index contributed by atoms with van der Waals surface area (Å²) in [6.45, 7) is 6.34. The minimum absolute atomic E-state index is 0.0673. The Morgan fingerprint density at radius 1 is 0.526 bits per heavy atom. The number of aliphatic hydroxyl groups excluding tert-OH is 2. The van der Waals surface area contributed by atoms with Crippen LogP contribution in [-0.2, 0) is 14.3 Å². The number of allylic oxidation sites excluding steroid dienone is 6. The lowest BCUT2D eigenvalue weighted by Gasteiger charge is -2.24. The van der Waals surface area contributed by atoms with Crippen LogP contribution in [0.3, 0.4) is 0 Å². The van der Waals surface area contributed by atoms with Gasteiger partial charge in [0.1, 0.15) is 6.10 Å². The van der Waals surface area contributed by atoms with Crippen LogP contribution < -0.4 is 5.32 Å². The molecule has 0 radical (unpaired) electrons. The molecule has 0 heterocycles. The summed E-state index contributed by atoms with van der Waals surface area (Å²) in [5.74, 6) is -0.486. The maximum Gasteiger partial charge on any atom is 0.306 e. The SMILES string of the molecule is CC/C=C/C=C/C=C/CCCCCCCC(CC(=O)NC(CO)C(O)CCCCCCCCCCCC)OC(=O)CCCCCCCCCCCCCCCCC. The Labute approximate surface area is 353 Å². The third-order valence-electron chi connectivity index (χ3n) is 11.3. The van der Waals surface area contributed by atoms with Crippen LogP contribution in [0.5, 0.6) is 0 Å². The number of aliphatic hydroxyl groups is 2. The Hall–Kier alpha value is -1.92. The van der Waals surface area contributed by atoms with Crippen molar-refractivity contribution in [3.05, 3.63) is 36.5 Å². The molecule has 0 aliphatic rings. The van der Waals surface area contributed by atoms with Crippen molar-refractivity contribution in [2.24, 2.45) is 0 Å². The van der Waals surface area contributed by atoms with Gasteiger partial charge < -0.3 is 20.3 Å². The average molecular weight is 802 g/mol. The maximum atomic E-state index is 13.2. The molecule has 6 heteroatoms. The fourth-order valence-corrected chi connectivity index (χ4v) is 7.55. The molecule has 3 atom stereocenters. The van der Waals surface area contributed by atoms with Crippen molar-refractivity contribution in [3.63, 3.8) is 0 Å². The first kappa shape index (κ1) is 55.1. The smallest absolute Gasteiger partial charge is 0.306 e. The second kappa shape index (κ2) is 45.2. The van der Waals surface area contributed by atoms with Gasteiger partial charge in [0.05, 0.1) is 25.2 Å². The van der Waals surface area contributed by atoms with Crippen molar-refractivity contribution in [2.75, 3.05) is 6.61 Å². The molecule has 0 aromatic heterocycles. The monoisotopic (exact) mass is 802 g/mol. The van der Waals surface area contributed by atoms with Crippen LogP contribution in [0.25, 0.3) is 0 Å². The second-order valence-corrected chi connectivity index (χ2v) is 16.9. The fraction of sp³-hybridized carbons (Fsp3) is 0.843. The van der Waals surface area contributed by atoms with Gasteiger partial charge in [-0.3, -0.25) is 9.59 Å². The second-order valence-electron chi connectivity index (χ2n) is 16.9. The molecule has 6 nitrogen and oxygen atoms in total. The Balaban J connectivity index is 4.58. The maximum absolute atomic E-state index is 13.2. The van der Waals surface area contributed by atoms with Gasteiger partial charge >= 0.3 is 5.97 Å². The Bertz CT molecular complexity index is 946. The normalized spacial score (nSPS) is 13.6. The summed E-state index contributed by atoms with van der Waals surface area (Å²) >= 11 is 0. The quantitative estimate of drug-likeness (QED) is 0.0324. The zero-order valence-electron chi connectivity index (χ0n) is 38.0. The third-order valence-corrected chi connectivity index (χ3v) is 11.3. The number of carbonyl (C=O) groups is 2. The first-order chi connectivity index (χ1) is 28.0. The fourth-order valence-electron chi connectivity index (χ4n) is 7.55. The minimum atomic E-state index is -0.789. The molecule has 334 valence electrons. The molecule has 0 aliphatic heterocycles. The van der Waals surface area contributed by atoms with Crippen LogP contribution in [0.4, 0.5) is 0 Å². The summed E-state index contributed by atoms with van der Waals surface area (Å²) in [5.41, 5.74) is 0. The minimum Gasteiger partial charge on any atom is -0.462 e. The number of hydrogen-bond acceptors (Lipinski definition) is 5. The van der Waals surface area contributed by atoms with Gasteiger partial charge in [0, 0.05) is 6.42 Å². The predicted molar refractivity (Wildman–Crippen MR) is 246 cm³/mol. The van der Waals surface area contributed by atoms with Gasteiger partial charge in [-0.05, 0) is 44.9 Å². The largest absolute Gasteiger partial charge is 0.462 e. The van der Waals surface area contributed by atoms with Crippen molar-refractivity contribution in [1.29, 1.82) is 0 Å². The molecule has 1 amide bonds. The summed E-state index contributed by atoms with van der Waals surface area (Å²) in [4.78, 5) is 26.1. The van der Waals surface area contributed by atoms with E-state index in [0.29, 0.717) is 19.3 Å². The van der Waals surface area contributed by atoms with E-state index in [2.05, 4.69) is 62.5 Å². The molecule has 0 spiro atoms. The van der Waals surface area contributed by atoms with E-state index in [1.54, 1.807) is 0 Å². The van der Waals surface area contributed by atoms with Gasteiger partial charge in [0.2, 0.25) is 5.91 Å². The van der Waals surface area contributed by atoms with E-state index in [1.807, 2.05) is 0 Å². The standard InChI is InChI=1S/C51H95NO5/c1-4-7-10-13-16-19-22-24-25-27-29-32-35-38-41-44-51(56)57-47(42-39-36-33-30-28-26-23-20-17-14-11-8-5-2)45-50(55)52-48(46-53)49(54)43-40-37-34-31-21-18-15-12-9-6-3/h8,11,14,17,20,23,47-49,53-54H,4-7,9-10,12-13,15-16,18-19,21-22,24-46H2,1-3H3,(H,52,55)/b11-8+,17-14+,23-20+. The van der Waals surface area contributed by atoms with E-state index >= 15 is 0 Å². The topological polar surface area (TPSA) is 95.9 Å². The molecule has 0 bridgehead atoms. The Morgan fingerprint density at radius 2 is 0.947 bits per heavy atom.